The summed E-state index contributed by atoms with van der Waals surface area (Å²) in [6.45, 7) is 1.94. The van der Waals surface area contributed by atoms with Crippen molar-refractivity contribution in [1.29, 1.82) is 0 Å². The highest BCUT2D eigenvalue weighted by Gasteiger charge is 2.15. The van der Waals surface area contributed by atoms with Crippen molar-refractivity contribution >= 4 is 35.1 Å². The van der Waals surface area contributed by atoms with Gasteiger partial charge in [-0.1, -0.05) is 30.1 Å². The first-order valence-corrected chi connectivity index (χ1v) is 5.84. The zero-order valence-corrected chi connectivity index (χ0v) is 11.0. The van der Waals surface area contributed by atoms with E-state index in [-0.39, 0.29) is 34.8 Å². The number of carboxylic acids is 1. The van der Waals surface area contributed by atoms with Crippen LogP contribution in [-0.4, -0.2) is 33.7 Å². The van der Waals surface area contributed by atoms with E-state index in [1.165, 1.54) is 6.07 Å². The Balaban J connectivity index is 2.60. The molecule has 8 heteroatoms. The summed E-state index contributed by atoms with van der Waals surface area (Å²) in [7, 11) is 0. The van der Waals surface area contributed by atoms with Crippen LogP contribution in [0.3, 0.4) is 0 Å². The van der Waals surface area contributed by atoms with Gasteiger partial charge in [0.15, 0.2) is 10.3 Å². The molecule has 1 aromatic rings. The summed E-state index contributed by atoms with van der Waals surface area (Å²) in [5, 5.41) is 18.1. The molecule has 98 valence electrons. The molecule has 0 spiro atoms. The Morgan fingerprint density at radius 2 is 2.11 bits per heavy atom. The first-order chi connectivity index (χ1) is 8.40. The topological polar surface area (TPSA) is 92.2 Å². The summed E-state index contributed by atoms with van der Waals surface area (Å²) in [6, 6.07) is 1.30. The maximum atomic E-state index is 11.7. The van der Waals surface area contributed by atoms with Crippen molar-refractivity contribution in [3.8, 4) is 0 Å². The van der Waals surface area contributed by atoms with Crippen LogP contribution in [0.4, 0.5) is 0 Å². The molecular formula is C10H11Cl2N3O3. The first-order valence-electron chi connectivity index (χ1n) is 5.09. The zero-order chi connectivity index (χ0) is 13.7. The van der Waals surface area contributed by atoms with Crippen LogP contribution in [0.15, 0.2) is 6.07 Å². The summed E-state index contributed by atoms with van der Waals surface area (Å²) in [5.74, 6) is -1.56. The van der Waals surface area contributed by atoms with Crippen molar-refractivity contribution in [2.24, 2.45) is 5.92 Å². The van der Waals surface area contributed by atoms with Crippen molar-refractivity contribution in [3.05, 3.63) is 21.9 Å². The zero-order valence-electron chi connectivity index (χ0n) is 9.48. The fraction of sp³-hybridized carbons (Fsp3) is 0.400. The van der Waals surface area contributed by atoms with E-state index in [1.54, 1.807) is 6.92 Å². The molecule has 1 atom stereocenters. The predicted molar refractivity (Wildman–Crippen MR) is 65.8 cm³/mol. The molecule has 2 N–H and O–H groups in total. The van der Waals surface area contributed by atoms with Gasteiger partial charge in [-0.3, -0.25) is 9.59 Å². The van der Waals surface area contributed by atoms with Crippen LogP contribution in [0.25, 0.3) is 0 Å². The second kappa shape index (κ2) is 6.51. The summed E-state index contributed by atoms with van der Waals surface area (Å²) in [4.78, 5) is 22.2. The monoisotopic (exact) mass is 291 g/mol. The van der Waals surface area contributed by atoms with E-state index in [0.717, 1.165) is 0 Å². The number of rotatable bonds is 5. The smallest absolute Gasteiger partial charge is 0.303 e. The van der Waals surface area contributed by atoms with Gasteiger partial charge in [-0.2, -0.15) is 0 Å². The molecule has 1 rings (SSSR count). The van der Waals surface area contributed by atoms with E-state index in [1.807, 2.05) is 0 Å². The third kappa shape index (κ3) is 4.46. The number of aromatic nitrogens is 2. The molecule has 0 fully saturated rings. The van der Waals surface area contributed by atoms with Crippen LogP contribution >= 0.6 is 23.2 Å². The highest BCUT2D eigenvalue weighted by Crippen LogP contribution is 2.15. The Labute approximate surface area is 113 Å². The van der Waals surface area contributed by atoms with Crippen LogP contribution in [0.1, 0.15) is 23.7 Å². The third-order valence-corrected chi connectivity index (χ3v) is 2.56. The number of aliphatic carboxylic acids is 1. The maximum Gasteiger partial charge on any atom is 0.303 e. The second-order valence-corrected chi connectivity index (χ2v) is 4.53. The highest BCUT2D eigenvalue weighted by atomic mass is 35.5. The lowest BCUT2D eigenvalue weighted by Crippen LogP contribution is -2.29. The standard InChI is InChI=1S/C10H11Cl2N3O3/c1-5(2-8(16)17)4-13-10(18)6-3-7(11)14-15-9(6)12/h3,5H,2,4H2,1H3,(H,13,18)(H,16,17). The van der Waals surface area contributed by atoms with Gasteiger partial charge in [-0.25, -0.2) is 0 Å². The molecule has 0 aliphatic carbocycles. The van der Waals surface area contributed by atoms with Crippen LogP contribution in [-0.2, 0) is 4.79 Å². The van der Waals surface area contributed by atoms with Gasteiger partial charge in [-0.05, 0) is 12.0 Å². The normalized spacial score (nSPS) is 11.9. The Kier molecular flexibility index (Phi) is 5.30. The largest absolute Gasteiger partial charge is 0.481 e. The number of nitrogens with zero attached hydrogens (tertiary/aromatic N) is 2. The number of hydrogen-bond acceptors (Lipinski definition) is 4. The van der Waals surface area contributed by atoms with Crippen molar-refractivity contribution in [2.45, 2.75) is 13.3 Å². The van der Waals surface area contributed by atoms with E-state index in [4.69, 9.17) is 28.3 Å². The fourth-order valence-corrected chi connectivity index (χ4v) is 1.57. The average molecular weight is 292 g/mol. The van der Waals surface area contributed by atoms with E-state index in [0.29, 0.717) is 0 Å². The number of hydrogen-bond donors (Lipinski definition) is 2. The lowest BCUT2D eigenvalue weighted by atomic mass is 10.1. The van der Waals surface area contributed by atoms with Gasteiger partial charge in [0.2, 0.25) is 0 Å². The Morgan fingerprint density at radius 3 is 2.72 bits per heavy atom. The van der Waals surface area contributed by atoms with Crippen LogP contribution < -0.4 is 5.32 Å². The summed E-state index contributed by atoms with van der Waals surface area (Å²) in [5.41, 5.74) is 0.110. The van der Waals surface area contributed by atoms with Crippen molar-refractivity contribution in [1.82, 2.24) is 15.5 Å². The van der Waals surface area contributed by atoms with Crippen LogP contribution in [0.5, 0.6) is 0 Å². The fourth-order valence-electron chi connectivity index (χ4n) is 1.24. The molecule has 0 bridgehead atoms. The third-order valence-electron chi connectivity index (χ3n) is 2.10. The Morgan fingerprint density at radius 1 is 1.44 bits per heavy atom. The van der Waals surface area contributed by atoms with Gasteiger partial charge in [0.25, 0.3) is 5.91 Å². The number of carboxylic acid groups (broad SMARTS) is 1. The van der Waals surface area contributed by atoms with Gasteiger partial charge in [-0.15, -0.1) is 10.2 Å². The molecule has 0 radical (unpaired) electrons. The molecule has 18 heavy (non-hydrogen) atoms. The average Bonchev–Trinajstić information content (AvgIpc) is 2.28. The molecule has 0 aromatic carbocycles. The Bertz CT molecular complexity index is 468. The number of halogens is 2. The molecule has 0 aliphatic rings. The van der Waals surface area contributed by atoms with E-state index < -0.39 is 11.9 Å². The van der Waals surface area contributed by atoms with Crippen LogP contribution in [0.2, 0.25) is 10.3 Å². The molecule has 1 aromatic heterocycles. The molecule has 0 aliphatic heterocycles. The highest BCUT2D eigenvalue weighted by molar-refractivity contribution is 6.34. The molecule has 1 unspecified atom stereocenters. The molecule has 6 nitrogen and oxygen atoms in total. The molecular weight excluding hydrogens is 281 g/mol. The van der Waals surface area contributed by atoms with Gasteiger partial charge in [0, 0.05) is 13.0 Å². The summed E-state index contributed by atoms with van der Waals surface area (Å²) >= 11 is 11.3. The van der Waals surface area contributed by atoms with Crippen molar-refractivity contribution < 1.29 is 14.7 Å². The first kappa shape index (κ1) is 14.7. The minimum absolute atomic E-state index is 0.0244. The number of amides is 1. The van der Waals surface area contributed by atoms with E-state index in [2.05, 4.69) is 15.5 Å². The number of nitrogens with one attached hydrogen (secondary N) is 1. The van der Waals surface area contributed by atoms with Gasteiger partial charge in [0.05, 0.1) is 5.56 Å². The maximum absolute atomic E-state index is 11.7. The van der Waals surface area contributed by atoms with E-state index in [9.17, 15) is 9.59 Å². The minimum atomic E-state index is -0.914. The van der Waals surface area contributed by atoms with Crippen molar-refractivity contribution in [2.75, 3.05) is 6.54 Å². The minimum Gasteiger partial charge on any atom is -0.481 e. The Hall–Kier alpha value is -1.40. The SMILES string of the molecule is CC(CNC(=O)c1cc(Cl)nnc1Cl)CC(=O)O. The molecule has 0 saturated heterocycles. The molecule has 0 saturated carbocycles. The van der Waals surface area contributed by atoms with Gasteiger partial charge >= 0.3 is 5.97 Å². The number of carbonyl (C=O) groups is 2. The lowest BCUT2D eigenvalue weighted by Gasteiger charge is -2.10. The summed E-state index contributed by atoms with van der Waals surface area (Å²) < 4.78 is 0. The van der Waals surface area contributed by atoms with Gasteiger partial charge < -0.3 is 10.4 Å². The molecule has 1 amide bonds. The lowest BCUT2D eigenvalue weighted by molar-refractivity contribution is -0.137. The van der Waals surface area contributed by atoms with Gasteiger partial charge in [0.1, 0.15) is 0 Å². The van der Waals surface area contributed by atoms with E-state index >= 15 is 0 Å². The predicted octanol–water partition coefficient (Wildman–Crippen LogP) is 1.62. The number of carbonyl (C=O) groups excluding carboxylic acids is 1. The van der Waals surface area contributed by atoms with Crippen LogP contribution in [0, 0.1) is 5.92 Å². The second-order valence-electron chi connectivity index (χ2n) is 3.78. The quantitative estimate of drug-likeness (QED) is 0.860. The summed E-state index contributed by atoms with van der Waals surface area (Å²) in [6.07, 6.45) is -0.0244. The van der Waals surface area contributed by atoms with Crippen molar-refractivity contribution in [3.63, 3.8) is 0 Å². The molecule has 1 heterocycles.